The normalized spacial score (nSPS) is 17.1. The van der Waals surface area contributed by atoms with Crippen LogP contribution in [0.5, 0.6) is 0 Å². The van der Waals surface area contributed by atoms with Crippen LogP contribution in [0.15, 0.2) is 54.6 Å². The molecule has 0 radical (unpaired) electrons. The number of benzene rings is 2. The molecule has 1 fully saturated rings. The van der Waals surface area contributed by atoms with Gasteiger partial charge in [0.2, 0.25) is 5.91 Å². The van der Waals surface area contributed by atoms with Gasteiger partial charge in [-0.2, -0.15) is 0 Å². The van der Waals surface area contributed by atoms with E-state index in [4.69, 9.17) is 5.41 Å². The van der Waals surface area contributed by atoms with Crippen molar-refractivity contribution in [2.75, 3.05) is 0 Å². The Kier molecular flexibility index (Phi) is 4.94. The third-order valence-electron chi connectivity index (χ3n) is 4.46. The number of aryl methyl sites for hydroxylation is 1. The SMILES string of the molecule is Cc1ccc(CNC(=N)C2CCC(=O)N2Cc2ccccc2)cc1. The molecule has 4 nitrogen and oxygen atoms in total. The molecule has 2 aromatic rings. The highest BCUT2D eigenvalue weighted by atomic mass is 16.2. The second-order valence-electron chi connectivity index (χ2n) is 6.31. The molecule has 2 aromatic carbocycles. The molecule has 1 unspecified atom stereocenters. The molecule has 24 heavy (non-hydrogen) atoms. The summed E-state index contributed by atoms with van der Waals surface area (Å²) in [7, 11) is 0. The lowest BCUT2D eigenvalue weighted by Gasteiger charge is -2.26. The fourth-order valence-corrected chi connectivity index (χ4v) is 3.03. The second-order valence-corrected chi connectivity index (χ2v) is 6.31. The van der Waals surface area contributed by atoms with Crippen LogP contribution in [-0.2, 0) is 17.9 Å². The summed E-state index contributed by atoms with van der Waals surface area (Å²) in [6, 6.07) is 18.1. The van der Waals surface area contributed by atoms with Crippen LogP contribution in [0.2, 0.25) is 0 Å². The Morgan fingerprint density at radius 3 is 2.54 bits per heavy atom. The van der Waals surface area contributed by atoms with E-state index in [9.17, 15) is 4.79 Å². The molecule has 0 saturated carbocycles. The van der Waals surface area contributed by atoms with Gasteiger partial charge in [-0.25, -0.2) is 0 Å². The first-order valence-electron chi connectivity index (χ1n) is 8.35. The molecular formula is C20H23N3O. The van der Waals surface area contributed by atoms with Gasteiger partial charge in [-0.1, -0.05) is 60.2 Å². The summed E-state index contributed by atoms with van der Waals surface area (Å²) in [4.78, 5) is 14.0. The highest BCUT2D eigenvalue weighted by Gasteiger charge is 2.33. The topological polar surface area (TPSA) is 56.2 Å². The Morgan fingerprint density at radius 2 is 1.83 bits per heavy atom. The molecule has 1 aliphatic rings. The zero-order valence-corrected chi connectivity index (χ0v) is 14.0. The van der Waals surface area contributed by atoms with Crippen molar-refractivity contribution < 1.29 is 4.79 Å². The van der Waals surface area contributed by atoms with Crippen LogP contribution in [0.1, 0.15) is 29.5 Å². The van der Waals surface area contributed by atoms with Crippen LogP contribution in [0.3, 0.4) is 0 Å². The Labute approximate surface area is 143 Å². The maximum Gasteiger partial charge on any atom is 0.223 e. The third kappa shape index (κ3) is 3.82. The number of nitrogens with zero attached hydrogens (tertiary/aromatic N) is 1. The van der Waals surface area contributed by atoms with E-state index in [-0.39, 0.29) is 11.9 Å². The Bertz CT molecular complexity index is 709. The van der Waals surface area contributed by atoms with Crippen LogP contribution in [-0.4, -0.2) is 22.7 Å². The van der Waals surface area contributed by atoms with Crippen molar-refractivity contribution in [3.63, 3.8) is 0 Å². The highest BCUT2D eigenvalue weighted by Crippen LogP contribution is 2.22. The number of likely N-dealkylation sites (tertiary alicyclic amines) is 1. The Morgan fingerprint density at radius 1 is 1.12 bits per heavy atom. The van der Waals surface area contributed by atoms with Gasteiger partial charge >= 0.3 is 0 Å². The molecule has 0 spiro atoms. The van der Waals surface area contributed by atoms with Gasteiger partial charge in [0.05, 0.1) is 6.04 Å². The molecule has 4 heteroatoms. The first kappa shape index (κ1) is 16.2. The van der Waals surface area contributed by atoms with Crippen molar-refractivity contribution in [2.45, 2.75) is 38.9 Å². The molecule has 1 heterocycles. The molecule has 2 N–H and O–H groups in total. The standard InChI is InChI=1S/C20H23N3O/c1-15-7-9-16(10-8-15)13-22-20(21)18-11-12-19(24)23(18)14-17-5-3-2-4-6-17/h2-10,18H,11-14H2,1H3,(H2,21,22). The lowest BCUT2D eigenvalue weighted by molar-refractivity contribution is -0.128. The van der Waals surface area contributed by atoms with Crippen LogP contribution in [0, 0.1) is 12.3 Å². The van der Waals surface area contributed by atoms with E-state index in [1.54, 1.807) is 0 Å². The fraction of sp³-hybridized carbons (Fsp3) is 0.300. The van der Waals surface area contributed by atoms with E-state index < -0.39 is 0 Å². The number of rotatable bonds is 5. The minimum absolute atomic E-state index is 0.130. The van der Waals surface area contributed by atoms with Crippen LogP contribution in [0.25, 0.3) is 0 Å². The first-order valence-corrected chi connectivity index (χ1v) is 8.35. The number of amides is 1. The van der Waals surface area contributed by atoms with Gasteiger partial charge in [-0.15, -0.1) is 0 Å². The van der Waals surface area contributed by atoms with Gasteiger partial charge in [0.15, 0.2) is 0 Å². The van der Waals surface area contributed by atoms with Crippen molar-refractivity contribution in [3.8, 4) is 0 Å². The van der Waals surface area contributed by atoms with Crippen LogP contribution >= 0.6 is 0 Å². The van der Waals surface area contributed by atoms with E-state index in [0.717, 1.165) is 11.1 Å². The quantitative estimate of drug-likeness (QED) is 0.656. The summed E-state index contributed by atoms with van der Waals surface area (Å²) >= 11 is 0. The van der Waals surface area contributed by atoms with Gasteiger partial charge in [0.1, 0.15) is 5.84 Å². The zero-order chi connectivity index (χ0) is 16.9. The van der Waals surface area contributed by atoms with E-state index in [0.29, 0.717) is 31.8 Å². The van der Waals surface area contributed by atoms with Gasteiger partial charge in [-0.3, -0.25) is 10.2 Å². The zero-order valence-electron chi connectivity index (χ0n) is 14.0. The predicted molar refractivity (Wildman–Crippen MR) is 95.8 cm³/mol. The smallest absolute Gasteiger partial charge is 0.223 e. The number of carbonyl (C=O) groups is 1. The molecule has 1 aliphatic heterocycles. The monoisotopic (exact) mass is 321 g/mol. The molecule has 124 valence electrons. The average molecular weight is 321 g/mol. The summed E-state index contributed by atoms with van der Waals surface area (Å²) in [6.07, 6.45) is 1.23. The largest absolute Gasteiger partial charge is 0.368 e. The third-order valence-corrected chi connectivity index (χ3v) is 4.46. The van der Waals surface area contributed by atoms with E-state index in [1.165, 1.54) is 5.56 Å². The molecule has 1 atom stereocenters. The minimum Gasteiger partial charge on any atom is -0.368 e. The summed E-state index contributed by atoms with van der Waals surface area (Å²) < 4.78 is 0. The van der Waals surface area contributed by atoms with E-state index >= 15 is 0 Å². The maximum absolute atomic E-state index is 12.2. The number of hydrogen-bond donors (Lipinski definition) is 2. The van der Waals surface area contributed by atoms with E-state index in [2.05, 4.69) is 36.5 Å². The van der Waals surface area contributed by atoms with Gasteiger partial charge in [0.25, 0.3) is 0 Å². The van der Waals surface area contributed by atoms with Crippen molar-refractivity contribution in [2.24, 2.45) is 0 Å². The number of nitrogens with one attached hydrogen (secondary N) is 2. The molecule has 0 aromatic heterocycles. The Balaban J connectivity index is 1.62. The fourth-order valence-electron chi connectivity index (χ4n) is 3.03. The van der Waals surface area contributed by atoms with Crippen molar-refractivity contribution >= 4 is 11.7 Å². The molecule has 1 saturated heterocycles. The molecule has 0 aliphatic carbocycles. The number of amidine groups is 1. The van der Waals surface area contributed by atoms with Crippen molar-refractivity contribution in [1.82, 2.24) is 10.2 Å². The van der Waals surface area contributed by atoms with Gasteiger partial charge in [0, 0.05) is 19.5 Å². The molecule has 3 rings (SSSR count). The molecule has 0 bridgehead atoms. The lowest BCUT2D eigenvalue weighted by atomic mass is 10.1. The van der Waals surface area contributed by atoms with Gasteiger partial charge < -0.3 is 10.2 Å². The summed E-state index contributed by atoms with van der Waals surface area (Å²) in [5.74, 6) is 0.558. The van der Waals surface area contributed by atoms with Gasteiger partial charge in [-0.05, 0) is 24.5 Å². The second kappa shape index (κ2) is 7.30. The summed E-state index contributed by atoms with van der Waals surface area (Å²) in [6.45, 7) is 3.24. The first-order chi connectivity index (χ1) is 11.6. The number of carbonyl (C=O) groups excluding carboxylic acids is 1. The van der Waals surface area contributed by atoms with E-state index in [1.807, 2.05) is 35.2 Å². The minimum atomic E-state index is -0.150. The van der Waals surface area contributed by atoms with Crippen LogP contribution in [0.4, 0.5) is 0 Å². The molecule has 1 amide bonds. The summed E-state index contributed by atoms with van der Waals surface area (Å²) in [5, 5.41) is 11.5. The molecular weight excluding hydrogens is 298 g/mol. The Hall–Kier alpha value is -2.62. The highest BCUT2D eigenvalue weighted by molar-refractivity contribution is 5.92. The average Bonchev–Trinajstić information content (AvgIpc) is 2.96. The van der Waals surface area contributed by atoms with Crippen molar-refractivity contribution in [1.29, 1.82) is 5.41 Å². The van der Waals surface area contributed by atoms with Crippen LogP contribution < -0.4 is 5.32 Å². The number of hydrogen-bond acceptors (Lipinski definition) is 2. The maximum atomic E-state index is 12.2. The lowest BCUT2D eigenvalue weighted by Crippen LogP contribution is -2.43. The van der Waals surface area contributed by atoms with Crippen molar-refractivity contribution in [3.05, 3.63) is 71.3 Å². The predicted octanol–water partition coefficient (Wildman–Crippen LogP) is 3.25. The summed E-state index contributed by atoms with van der Waals surface area (Å²) in [5.41, 5.74) is 3.47.